The van der Waals surface area contributed by atoms with Crippen LogP contribution in [0.25, 0.3) is 22.0 Å². The van der Waals surface area contributed by atoms with Gasteiger partial charge in [-0.3, -0.25) is 18.9 Å². The molecule has 1 amide bonds. The highest BCUT2D eigenvalue weighted by Gasteiger charge is 2.68. The minimum atomic E-state index is -5.09. The van der Waals surface area contributed by atoms with E-state index < -0.39 is 93.1 Å². The van der Waals surface area contributed by atoms with Crippen molar-refractivity contribution in [1.82, 2.24) is 29.9 Å². The van der Waals surface area contributed by atoms with Gasteiger partial charge in [0.15, 0.2) is 11.5 Å². The number of carbonyl (C=O) groups is 1. The zero-order valence-corrected chi connectivity index (χ0v) is 32.9. The first-order valence-corrected chi connectivity index (χ1v) is 19.9. The monoisotopic (exact) mass is 867 g/mol. The number of nitrogens with zero attached hydrogens (tertiary/aromatic N) is 5. The van der Waals surface area contributed by atoms with Gasteiger partial charge in [0, 0.05) is 42.8 Å². The van der Waals surface area contributed by atoms with Crippen molar-refractivity contribution < 1.29 is 53.8 Å². The number of nitrogens with one attached hydrogen (secondary N) is 2. The van der Waals surface area contributed by atoms with Gasteiger partial charge in [-0.25, -0.2) is 22.2 Å². The zero-order valence-electron chi connectivity index (χ0n) is 31.4. The number of hydrogen-bond acceptors (Lipinski definition) is 8. The van der Waals surface area contributed by atoms with Gasteiger partial charge in [0.05, 0.1) is 40.5 Å². The predicted octanol–water partition coefficient (Wildman–Crippen LogP) is 6.21. The minimum absolute atomic E-state index is 0.00183. The van der Waals surface area contributed by atoms with Crippen LogP contribution < -0.4 is 10.0 Å². The lowest BCUT2D eigenvalue weighted by atomic mass is 9.93. The first-order chi connectivity index (χ1) is 27.5. The van der Waals surface area contributed by atoms with Gasteiger partial charge < -0.3 is 15.2 Å². The lowest BCUT2D eigenvalue weighted by molar-refractivity contribution is -0.142. The summed E-state index contributed by atoms with van der Waals surface area (Å²) >= 11 is 6.57. The molecule has 312 valence electrons. The van der Waals surface area contributed by atoms with Gasteiger partial charge in [-0.05, 0) is 67.5 Å². The van der Waals surface area contributed by atoms with Crippen LogP contribution in [-0.2, 0) is 51.7 Å². The standard InChI is InChI=1S/C38H33ClF7N7O5S/c1-36(55,17-58-3)10-9-21-5-6-22(23-7-8-26(39)30-32(23)52(2)50-35(30)51-59(4,56)57)31(47-21)27(13-18-11-19(40)14-20(41)12-18)48-28(54)16-53-34-29(33(49-53)38(44,45)46)24-15-25(24)37(34,42)43/h5-8,11-12,14,24-25,27,55H,13,15-17H2,1-4H3,(H,48,54)(H,50,51)/t24-,25+,27-,36?/m0/s1. The Balaban J connectivity index is 1.40. The molecule has 1 fully saturated rings. The maximum atomic E-state index is 15.4. The molecule has 2 aromatic carbocycles. The second-order valence-corrected chi connectivity index (χ2v) is 16.8. The number of hydrogen-bond donors (Lipinski definition) is 3. The van der Waals surface area contributed by atoms with Crippen LogP contribution in [0, 0.1) is 29.4 Å². The number of carbonyl (C=O) groups excluding carboxylic acids is 1. The number of pyridine rings is 1. The van der Waals surface area contributed by atoms with Crippen LogP contribution in [0.1, 0.15) is 59.2 Å². The summed E-state index contributed by atoms with van der Waals surface area (Å²) in [4.78, 5) is 18.6. The molecule has 0 saturated heterocycles. The second kappa shape index (κ2) is 14.8. The fraction of sp³-hybridized carbons (Fsp3) is 0.368. The zero-order chi connectivity index (χ0) is 43.0. The summed E-state index contributed by atoms with van der Waals surface area (Å²) in [5.41, 5.74) is -4.18. The summed E-state index contributed by atoms with van der Waals surface area (Å²) in [5.74, 6) is -3.99. The number of ether oxygens (including phenoxy) is 1. The molecule has 1 unspecified atom stereocenters. The van der Waals surface area contributed by atoms with Crippen molar-refractivity contribution in [3.8, 4) is 23.0 Å². The third-order valence-corrected chi connectivity index (χ3v) is 10.7. The summed E-state index contributed by atoms with van der Waals surface area (Å²) in [6, 6.07) is 7.05. The summed E-state index contributed by atoms with van der Waals surface area (Å²) in [6.45, 7) is 0.0671. The molecule has 3 heterocycles. The van der Waals surface area contributed by atoms with E-state index in [0.717, 1.165) is 18.4 Å². The van der Waals surface area contributed by atoms with Crippen LogP contribution in [0.2, 0.25) is 5.02 Å². The van der Waals surface area contributed by atoms with Crippen molar-refractivity contribution in [1.29, 1.82) is 0 Å². The molecule has 2 aliphatic rings. The third kappa shape index (κ3) is 8.33. The van der Waals surface area contributed by atoms with E-state index in [1.807, 2.05) is 0 Å². The van der Waals surface area contributed by atoms with E-state index >= 15 is 8.78 Å². The molecule has 4 atom stereocenters. The average Bonchev–Trinajstić information content (AvgIpc) is 3.65. The molecule has 0 aliphatic heterocycles. The predicted molar refractivity (Wildman–Crippen MR) is 200 cm³/mol. The maximum absolute atomic E-state index is 15.4. The van der Waals surface area contributed by atoms with Gasteiger partial charge in [-0.2, -0.15) is 32.1 Å². The number of alkyl halides is 5. The Hall–Kier alpha value is -5.23. The van der Waals surface area contributed by atoms with Crippen LogP contribution in [0.15, 0.2) is 42.5 Å². The van der Waals surface area contributed by atoms with Crippen LogP contribution in [0.3, 0.4) is 0 Å². The first kappa shape index (κ1) is 41.9. The number of aryl methyl sites for hydroxylation is 1. The Morgan fingerprint density at radius 3 is 2.44 bits per heavy atom. The minimum Gasteiger partial charge on any atom is -0.381 e. The number of amides is 1. The number of aliphatic hydroxyl groups is 1. The van der Waals surface area contributed by atoms with Crippen LogP contribution in [-0.4, -0.2) is 69.5 Å². The topological polar surface area (TPSA) is 153 Å². The lowest BCUT2D eigenvalue weighted by Crippen LogP contribution is -2.35. The SMILES string of the molecule is COCC(C)(O)C#Cc1ccc(-c2ccc(Cl)c3c(NS(C)(=O)=O)nn(C)c23)c([C@H](Cc2cc(F)cc(F)c2)NC(=O)Cn2nc(C(F)(F)F)c3c2C(F)(F)[C@@H]2C[C@H]32)n1. The molecule has 0 spiro atoms. The molecule has 0 radical (unpaired) electrons. The van der Waals surface area contributed by atoms with Crippen molar-refractivity contribution in [3.05, 3.63) is 93.0 Å². The number of halogens is 8. The highest BCUT2D eigenvalue weighted by molar-refractivity contribution is 7.92. The Labute approximate surface area is 336 Å². The molecule has 12 nitrogen and oxygen atoms in total. The van der Waals surface area contributed by atoms with Crippen molar-refractivity contribution in [2.45, 2.75) is 56.0 Å². The largest absolute Gasteiger partial charge is 0.435 e. The average molecular weight is 868 g/mol. The maximum Gasteiger partial charge on any atom is 0.435 e. The molecule has 5 aromatic rings. The summed E-state index contributed by atoms with van der Waals surface area (Å²) in [7, 11) is -1.03. The van der Waals surface area contributed by atoms with Crippen molar-refractivity contribution in [2.75, 3.05) is 24.7 Å². The molecule has 2 aliphatic carbocycles. The molecule has 7 rings (SSSR count). The van der Waals surface area contributed by atoms with E-state index in [0.29, 0.717) is 10.7 Å². The Bertz CT molecular complexity index is 2690. The molecule has 3 N–H and O–H groups in total. The van der Waals surface area contributed by atoms with Crippen LogP contribution in [0.5, 0.6) is 0 Å². The van der Waals surface area contributed by atoms with E-state index in [1.165, 1.54) is 50.0 Å². The number of aromatic nitrogens is 5. The van der Waals surface area contributed by atoms with Crippen molar-refractivity contribution >= 4 is 44.3 Å². The van der Waals surface area contributed by atoms with Gasteiger partial charge in [-0.1, -0.05) is 23.6 Å². The molecule has 1 saturated carbocycles. The Morgan fingerprint density at radius 1 is 1.12 bits per heavy atom. The number of benzene rings is 2. The second-order valence-electron chi connectivity index (χ2n) is 14.7. The van der Waals surface area contributed by atoms with Gasteiger partial charge >= 0.3 is 6.18 Å². The van der Waals surface area contributed by atoms with E-state index in [1.54, 1.807) is 0 Å². The normalized spacial score (nSPS) is 18.4. The molecule has 3 aromatic heterocycles. The molecule has 0 bridgehead atoms. The number of sulfonamides is 1. The molecular weight excluding hydrogens is 835 g/mol. The van der Waals surface area contributed by atoms with Crippen molar-refractivity contribution in [2.24, 2.45) is 13.0 Å². The van der Waals surface area contributed by atoms with Crippen LogP contribution in [0.4, 0.5) is 36.6 Å². The fourth-order valence-corrected chi connectivity index (χ4v) is 8.28. The van der Waals surface area contributed by atoms with Gasteiger partial charge in [0.1, 0.15) is 35.2 Å². The highest BCUT2D eigenvalue weighted by Crippen LogP contribution is 2.68. The van der Waals surface area contributed by atoms with E-state index in [4.69, 9.17) is 16.3 Å². The van der Waals surface area contributed by atoms with Crippen molar-refractivity contribution in [3.63, 3.8) is 0 Å². The van der Waals surface area contributed by atoms with E-state index in [9.17, 15) is 40.3 Å². The third-order valence-electron chi connectivity index (χ3n) is 9.84. The molecular formula is C38H33ClF7N7O5S. The smallest absolute Gasteiger partial charge is 0.381 e. The first-order valence-electron chi connectivity index (χ1n) is 17.7. The number of methoxy groups -OCH3 is 1. The summed E-state index contributed by atoms with van der Waals surface area (Å²) in [6.07, 6.45) is -4.77. The van der Waals surface area contributed by atoms with E-state index in [2.05, 4.69) is 37.1 Å². The van der Waals surface area contributed by atoms with E-state index in [-0.39, 0.29) is 62.8 Å². The Kier molecular flexibility index (Phi) is 10.5. The number of anilines is 1. The summed E-state index contributed by atoms with van der Waals surface area (Å²) < 4.78 is 136. The highest BCUT2D eigenvalue weighted by atomic mass is 35.5. The molecule has 59 heavy (non-hydrogen) atoms. The summed E-state index contributed by atoms with van der Waals surface area (Å²) in [5, 5.41) is 21.2. The number of fused-ring (bicyclic) bond motifs is 4. The quantitative estimate of drug-likeness (QED) is 0.105. The van der Waals surface area contributed by atoms with Gasteiger partial charge in [0.25, 0.3) is 5.92 Å². The van der Waals surface area contributed by atoms with Gasteiger partial charge in [0.2, 0.25) is 15.9 Å². The van der Waals surface area contributed by atoms with Gasteiger partial charge in [-0.15, -0.1) is 0 Å². The Morgan fingerprint density at radius 2 is 1.80 bits per heavy atom. The fourth-order valence-electron chi connectivity index (χ4n) is 7.55. The number of rotatable bonds is 11. The molecule has 21 heteroatoms. The lowest BCUT2D eigenvalue weighted by Gasteiger charge is -2.23. The van der Waals surface area contributed by atoms with Crippen LogP contribution >= 0.6 is 11.6 Å².